The van der Waals surface area contributed by atoms with E-state index in [1.54, 1.807) is 0 Å². The number of hydrogen-bond acceptors (Lipinski definition) is 5. The van der Waals surface area contributed by atoms with Gasteiger partial charge in [0.2, 0.25) is 0 Å². The zero-order valence-electron chi connectivity index (χ0n) is 7.16. The maximum Gasteiger partial charge on any atom is 1.00 e. The third kappa shape index (κ3) is 13.9. The van der Waals surface area contributed by atoms with Crippen molar-refractivity contribution in [1.29, 1.82) is 0 Å². The van der Waals surface area contributed by atoms with E-state index in [9.17, 15) is 4.79 Å². The van der Waals surface area contributed by atoms with Crippen molar-refractivity contribution < 1.29 is 61.3 Å². The molecule has 0 aromatic carbocycles. The Hall–Kier alpha value is 1.88. The summed E-state index contributed by atoms with van der Waals surface area (Å²) in [7, 11) is 2.22. The molecular weight excluding hydrogens is 273 g/mol. The topological polar surface area (TPSA) is 68.8 Å². The second kappa shape index (κ2) is 11.9. The van der Waals surface area contributed by atoms with E-state index in [-0.39, 0.29) is 56.6 Å². The van der Waals surface area contributed by atoms with Crippen molar-refractivity contribution in [2.45, 2.75) is 0 Å². The fraction of sp³-hybridized carbons (Fsp3) is 0.500. The van der Waals surface area contributed by atoms with Crippen LogP contribution in [-0.4, -0.2) is 22.6 Å². The van der Waals surface area contributed by atoms with Crippen molar-refractivity contribution in [3.05, 3.63) is 0 Å². The third-order valence-corrected chi connectivity index (χ3v) is 2.31. The zero-order chi connectivity index (χ0) is 9.40. The molecule has 0 fully saturated rings. The van der Waals surface area contributed by atoms with Crippen LogP contribution in [0.25, 0.3) is 0 Å². The second-order valence-corrected chi connectivity index (χ2v) is 4.68. The van der Waals surface area contributed by atoms with E-state index in [0.717, 1.165) is 21.8 Å². The minimum atomic E-state index is -0.105. The zero-order valence-corrected chi connectivity index (χ0v) is 13.6. The Bertz CT molecular complexity index is 169. The summed E-state index contributed by atoms with van der Waals surface area (Å²) in [6.45, 7) is 1.08. The van der Waals surface area contributed by atoms with E-state index < -0.39 is 0 Å². The molecule has 0 rings (SSSR count). The number of thiocarbonyl (C=S) groups is 1. The Balaban J connectivity index is 0. The van der Waals surface area contributed by atoms with Gasteiger partial charge in [0.1, 0.15) is 0 Å². The normalized spacial score (nSPS) is 8.38. The number of nitrogens with one attached hydrogen (secondary N) is 2. The van der Waals surface area contributed by atoms with Gasteiger partial charge >= 0.3 is 51.4 Å². The third-order valence-electron chi connectivity index (χ3n) is 0.798. The molecular formula is C4H9KN3OS4+. The Kier molecular flexibility index (Phi) is 15.9. The molecule has 0 saturated heterocycles. The maximum absolute atomic E-state index is 10.8. The van der Waals surface area contributed by atoms with Crippen LogP contribution in [0, 0.1) is 0 Å². The summed E-state index contributed by atoms with van der Waals surface area (Å²) in [6, 6.07) is 0. The molecule has 0 aromatic heterocycles. The average molecular weight is 283 g/mol. The van der Waals surface area contributed by atoms with Gasteiger partial charge in [0.05, 0.1) is 10.8 Å². The fourth-order valence-electron chi connectivity index (χ4n) is 0.412. The van der Waals surface area contributed by atoms with Gasteiger partial charge in [-0.25, -0.2) is 0 Å². The van der Waals surface area contributed by atoms with Crippen LogP contribution in [0.15, 0.2) is 0 Å². The standard InChI is InChI=1S/C4H9N3OS4.K/c5-12-11-3(8)6-1-2-7-4(9)10;/h1-2,5H2,(H,6,8)(H2,7,9,10);/q;+1. The quantitative estimate of drug-likeness (QED) is 0.125. The number of rotatable bonds is 4. The van der Waals surface area contributed by atoms with E-state index in [4.69, 9.17) is 0 Å². The molecule has 70 valence electrons. The Labute approximate surface area is 139 Å². The van der Waals surface area contributed by atoms with Crippen molar-refractivity contribution >= 4 is 56.2 Å². The number of quaternary nitrogens is 1. The molecule has 0 heterocycles. The summed E-state index contributed by atoms with van der Waals surface area (Å²) >= 11 is 9.19. The number of hydrogen-bond donors (Lipinski definition) is 3. The van der Waals surface area contributed by atoms with Crippen LogP contribution >= 0.6 is 34.0 Å². The summed E-state index contributed by atoms with van der Waals surface area (Å²) in [5.41, 5.74) is 0. The predicted molar refractivity (Wildman–Crippen MR) is 59.4 cm³/mol. The fourth-order valence-corrected chi connectivity index (χ4v) is 1.38. The molecule has 0 spiro atoms. The molecule has 0 aliphatic carbocycles. The molecule has 13 heavy (non-hydrogen) atoms. The largest absolute Gasteiger partial charge is 1.00 e. The molecule has 0 aromatic rings. The van der Waals surface area contributed by atoms with Gasteiger partial charge in [-0.1, -0.05) is 4.32 Å². The molecule has 1 amide bonds. The Morgan fingerprint density at radius 2 is 2.00 bits per heavy atom. The van der Waals surface area contributed by atoms with Crippen LogP contribution in [0.3, 0.4) is 0 Å². The van der Waals surface area contributed by atoms with Crippen molar-refractivity contribution in [2.24, 2.45) is 0 Å². The first-order chi connectivity index (χ1) is 5.66. The monoisotopic (exact) mass is 282 g/mol. The van der Waals surface area contributed by atoms with Crippen LogP contribution in [0.1, 0.15) is 0 Å². The van der Waals surface area contributed by atoms with Gasteiger partial charge in [-0.05, 0) is 0 Å². The van der Waals surface area contributed by atoms with E-state index >= 15 is 0 Å². The van der Waals surface area contributed by atoms with Crippen LogP contribution in [-0.2, 0) is 12.6 Å². The Morgan fingerprint density at radius 1 is 1.46 bits per heavy atom. The summed E-state index contributed by atoms with van der Waals surface area (Å²) < 4.78 is 0.323. The van der Waals surface area contributed by atoms with Crippen molar-refractivity contribution in [1.82, 2.24) is 10.6 Å². The van der Waals surface area contributed by atoms with Gasteiger partial charge in [-0.2, -0.15) is 0 Å². The van der Waals surface area contributed by atoms with Crippen molar-refractivity contribution in [3.8, 4) is 0 Å². The first-order valence-electron chi connectivity index (χ1n) is 2.98. The molecule has 5 N–H and O–H groups in total. The van der Waals surface area contributed by atoms with Gasteiger partial charge in [-0.3, -0.25) is 9.93 Å². The minimum Gasteiger partial charge on any atom is -0.412 e. The van der Waals surface area contributed by atoms with Gasteiger partial charge in [-0.15, -0.1) is 0 Å². The number of carbonyl (C=O) groups excluding carboxylic acids is 1. The van der Waals surface area contributed by atoms with Crippen LogP contribution in [0.4, 0.5) is 4.79 Å². The van der Waals surface area contributed by atoms with Gasteiger partial charge in [0, 0.05) is 13.1 Å². The van der Waals surface area contributed by atoms with Crippen LogP contribution < -0.4 is 67.2 Å². The Morgan fingerprint density at radius 3 is 2.46 bits per heavy atom. The van der Waals surface area contributed by atoms with Gasteiger partial charge < -0.3 is 35.5 Å². The molecule has 0 aliphatic heterocycles. The molecule has 0 unspecified atom stereocenters. The summed E-state index contributed by atoms with van der Waals surface area (Å²) in [6.07, 6.45) is 0. The average Bonchev–Trinajstić information content (AvgIpc) is 1.98. The number of amides is 1. The molecule has 0 saturated carbocycles. The first kappa shape index (κ1) is 17.3. The smallest absolute Gasteiger partial charge is 0.412 e. The number of carbonyl (C=O) groups is 1. The molecule has 0 radical (unpaired) electrons. The second-order valence-electron chi connectivity index (χ2n) is 1.63. The molecule has 0 bridgehead atoms. The molecule has 4 nitrogen and oxygen atoms in total. The predicted octanol–water partition coefficient (Wildman–Crippen LogP) is -3.34. The molecule has 0 atom stereocenters. The summed E-state index contributed by atoms with van der Waals surface area (Å²) in [5, 5.41) is 8.72. The molecule has 9 heteroatoms. The van der Waals surface area contributed by atoms with Crippen molar-refractivity contribution in [2.75, 3.05) is 13.1 Å². The maximum atomic E-state index is 10.8. The minimum absolute atomic E-state index is 0. The van der Waals surface area contributed by atoms with E-state index in [0.29, 0.717) is 17.4 Å². The van der Waals surface area contributed by atoms with Crippen molar-refractivity contribution in [3.63, 3.8) is 0 Å². The van der Waals surface area contributed by atoms with Gasteiger partial charge in [0.25, 0.3) is 5.24 Å². The van der Waals surface area contributed by atoms with Gasteiger partial charge in [0.15, 0.2) is 11.0 Å². The SMILES string of the molecule is [K+].[NH3+]SSC(=O)NCCNC(=S)[S-]. The van der Waals surface area contributed by atoms with E-state index in [2.05, 4.69) is 40.6 Å². The van der Waals surface area contributed by atoms with Crippen LogP contribution in [0.2, 0.25) is 0 Å². The summed E-state index contributed by atoms with van der Waals surface area (Å²) in [5.74, 6) is 0. The van der Waals surface area contributed by atoms with E-state index in [1.165, 1.54) is 0 Å². The first-order valence-corrected chi connectivity index (χ1v) is 6.11. The summed E-state index contributed by atoms with van der Waals surface area (Å²) in [4.78, 5) is 10.8. The van der Waals surface area contributed by atoms with E-state index in [1.807, 2.05) is 0 Å². The van der Waals surface area contributed by atoms with Crippen LogP contribution in [0.5, 0.6) is 0 Å². The molecule has 0 aliphatic rings.